The van der Waals surface area contributed by atoms with Crippen LogP contribution in [0.15, 0.2) is 30.3 Å². The number of ether oxygens (including phenoxy) is 1. The lowest BCUT2D eigenvalue weighted by Crippen LogP contribution is -2.63. The summed E-state index contributed by atoms with van der Waals surface area (Å²) in [7, 11) is 0. The van der Waals surface area contributed by atoms with E-state index in [9.17, 15) is 29.1 Å². The quantitative estimate of drug-likeness (QED) is 0.252. The zero-order chi connectivity index (χ0) is 36.6. The summed E-state index contributed by atoms with van der Waals surface area (Å²) in [5.41, 5.74) is -1.68. The Morgan fingerprint density at radius 2 is 1.62 bits per heavy atom. The second-order valence-electron chi connectivity index (χ2n) is 16.1. The maximum absolute atomic E-state index is 14.0. The van der Waals surface area contributed by atoms with Crippen LogP contribution in [0, 0.1) is 40.4 Å². The SMILES string of the molecule is CC(=O)[C@H]1CC[C@H]2[C@@H]3CC[C@H]4C[C@H](O)[C@@H](N5CCO[C@H](Cc6ccccc6)C5)C[C@]4(C)[C@H]3C(=O)C[C@]12C.O=C(O)CC(O)(CC(=O)O)C(=O)O. The monoisotopic (exact) mass is 699 g/mol. The predicted octanol–water partition coefficient (Wildman–Crippen LogP) is 3.45. The minimum absolute atomic E-state index is 0.0451. The largest absolute Gasteiger partial charge is 0.481 e. The normalized spacial score (nSPS) is 36.9. The van der Waals surface area contributed by atoms with Gasteiger partial charge >= 0.3 is 17.9 Å². The molecule has 12 nitrogen and oxygen atoms in total. The number of Topliss-reactive ketones (excluding diaryl/α,β-unsaturated/α-hetero) is 2. The molecule has 12 heteroatoms. The fourth-order valence-corrected chi connectivity index (χ4v) is 10.9. The molecule has 50 heavy (non-hydrogen) atoms. The highest BCUT2D eigenvalue weighted by atomic mass is 16.5. The molecular weight excluding hydrogens is 646 g/mol. The summed E-state index contributed by atoms with van der Waals surface area (Å²) < 4.78 is 6.16. The van der Waals surface area contributed by atoms with Crippen molar-refractivity contribution < 1.29 is 54.2 Å². The van der Waals surface area contributed by atoms with Crippen molar-refractivity contribution in [3.63, 3.8) is 0 Å². The number of carbonyl (C=O) groups is 5. The molecule has 5 N–H and O–H groups in total. The molecule has 0 bridgehead atoms. The van der Waals surface area contributed by atoms with E-state index in [0.29, 0.717) is 36.6 Å². The van der Waals surface area contributed by atoms with E-state index in [1.807, 2.05) is 6.07 Å². The van der Waals surface area contributed by atoms with Gasteiger partial charge in [-0.1, -0.05) is 44.2 Å². The first-order valence-corrected chi connectivity index (χ1v) is 18.0. The molecule has 1 heterocycles. The number of aliphatic hydroxyl groups excluding tert-OH is 1. The minimum atomic E-state index is -2.74. The second-order valence-corrected chi connectivity index (χ2v) is 16.1. The number of nitrogens with zero attached hydrogens (tertiary/aromatic N) is 1. The maximum Gasteiger partial charge on any atom is 0.336 e. The molecule has 5 aliphatic rings. The Balaban J connectivity index is 0.000000320. The van der Waals surface area contributed by atoms with E-state index in [1.165, 1.54) is 5.56 Å². The number of hydrogen-bond donors (Lipinski definition) is 5. The van der Waals surface area contributed by atoms with Gasteiger partial charge in [0.1, 0.15) is 11.6 Å². The Morgan fingerprint density at radius 3 is 2.22 bits per heavy atom. The van der Waals surface area contributed by atoms with Gasteiger partial charge in [0.2, 0.25) is 0 Å². The van der Waals surface area contributed by atoms with Crippen molar-refractivity contribution in [2.24, 2.45) is 40.4 Å². The molecule has 4 aliphatic carbocycles. The number of fused-ring (bicyclic) bond motifs is 5. The fourth-order valence-electron chi connectivity index (χ4n) is 10.9. The van der Waals surface area contributed by atoms with Crippen LogP contribution in [0.3, 0.4) is 0 Å². The van der Waals surface area contributed by atoms with Crippen LogP contribution in [0.4, 0.5) is 0 Å². The Bertz CT molecular complexity index is 1430. The number of carboxylic acids is 3. The summed E-state index contributed by atoms with van der Waals surface area (Å²) >= 11 is 0. The number of carboxylic acid groups (broad SMARTS) is 3. The zero-order valence-corrected chi connectivity index (χ0v) is 29.3. The van der Waals surface area contributed by atoms with Gasteiger partial charge in [0.25, 0.3) is 0 Å². The van der Waals surface area contributed by atoms with E-state index in [1.54, 1.807) is 6.92 Å². The number of rotatable bonds is 9. The lowest BCUT2D eigenvalue weighted by molar-refractivity contribution is -0.173. The van der Waals surface area contributed by atoms with Crippen LogP contribution >= 0.6 is 0 Å². The van der Waals surface area contributed by atoms with Crippen molar-refractivity contribution in [1.29, 1.82) is 0 Å². The van der Waals surface area contributed by atoms with Crippen LogP contribution < -0.4 is 0 Å². The molecule has 1 aromatic rings. The number of morpholine rings is 1. The summed E-state index contributed by atoms with van der Waals surface area (Å²) in [4.78, 5) is 59.5. The number of benzene rings is 1. The molecule has 276 valence electrons. The highest BCUT2D eigenvalue weighted by Crippen LogP contribution is 2.66. The molecule has 0 spiro atoms. The highest BCUT2D eigenvalue weighted by molar-refractivity contribution is 5.88. The van der Waals surface area contributed by atoms with Gasteiger partial charge in [-0.25, -0.2) is 4.79 Å². The number of hydrogen-bond acceptors (Lipinski definition) is 9. The van der Waals surface area contributed by atoms with Crippen molar-refractivity contribution in [3.8, 4) is 0 Å². The van der Waals surface area contributed by atoms with Gasteiger partial charge in [-0.05, 0) is 86.0 Å². The van der Waals surface area contributed by atoms with E-state index in [2.05, 4.69) is 43.0 Å². The molecule has 1 saturated heterocycles. The average Bonchev–Trinajstić information content (AvgIpc) is 3.38. The summed E-state index contributed by atoms with van der Waals surface area (Å²) in [5.74, 6) is -2.95. The standard InChI is InChI=1S/C32H45NO4.C6H8O7/c1-20(34)25-11-12-26-24-10-9-22-16-28(35)27(17-31(22,2)30(24)29(36)18-32(25,26)3)33-13-14-37-23(19-33)15-21-7-5-4-6-8-21;7-3(8)1-6(13,5(11)12)2-4(9)10/h4-8,22-28,30,35H,9-19H2,1-3H3;13H,1-2H2,(H,7,8)(H,9,10)(H,11,12)/t22-,23+,24-,25+,26-,27-,28-,30+,31-,32+;/m0./s1. The van der Waals surface area contributed by atoms with Crippen LogP contribution in [-0.4, -0.2) is 103 Å². The molecule has 0 unspecified atom stereocenters. The van der Waals surface area contributed by atoms with Crippen molar-refractivity contribution in [3.05, 3.63) is 35.9 Å². The molecular formula is C38H53NO11. The molecule has 0 aromatic heterocycles. The third-order valence-electron chi connectivity index (χ3n) is 13.1. The van der Waals surface area contributed by atoms with Crippen LogP contribution in [-0.2, 0) is 35.1 Å². The van der Waals surface area contributed by atoms with Crippen molar-refractivity contribution in [2.45, 2.75) is 109 Å². The predicted molar refractivity (Wildman–Crippen MR) is 180 cm³/mol. The van der Waals surface area contributed by atoms with Gasteiger partial charge < -0.3 is 30.3 Å². The molecule has 1 aromatic carbocycles. The summed E-state index contributed by atoms with van der Waals surface area (Å²) in [6.07, 6.45) is 4.87. The van der Waals surface area contributed by atoms with Crippen LogP contribution in [0.5, 0.6) is 0 Å². The van der Waals surface area contributed by atoms with Crippen molar-refractivity contribution >= 4 is 29.5 Å². The third kappa shape index (κ3) is 7.54. The maximum atomic E-state index is 14.0. The van der Waals surface area contributed by atoms with E-state index in [4.69, 9.17) is 25.2 Å². The van der Waals surface area contributed by atoms with Gasteiger partial charge in [0.15, 0.2) is 5.60 Å². The first kappa shape index (κ1) is 38.1. The summed E-state index contributed by atoms with van der Waals surface area (Å²) in [6.45, 7) is 8.73. The topological polar surface area (TPSA) is 199 Å². The number of aliphatic carboxylic acids is 3. The fraction of sp³-hybridized carbons (Fsp3) is 0.711. The van der Waals surface area contributed by atoms with Gasteiger partial charge in [-0.15, -0.1) is 0 Å². The molecule has 1 aliphatic heterocycles. The van der Waals surface area contributed by atoms with Gasteiger partial charge in [-0.2, -0.15) is 0 Å². The summed E-state index contributed by atoms with van der Waals surface area (Å²) in [6, 6.07) is 10.6. The molecule has 0 radical (unpaired) electrons. The van der Waals surface area contributed by atoms with Crippen molar-refractivity contribution in [1.82, 2.24) is 4.90 Å². The van der Waals surface area contributed by atoms with E-state index in [0.717, 1.165) is 58.0 Å². The molecule has 6 rings (SSSR count). The lowest BCUT2D eigenvalue weighted by atomic mass is 9.43. The van der Waals surface area contributed by atoms with Gasteiger partial charge in [-0.3, -0.25) is 24.1 Å². The number of aliphatic hydroxyl groups is 2. The first-order valence-electron chi connectivity index (χ1n) is 18.0. The second kappa shape index (κ2) is 14.8. The molecule has 5 fully saturated rings. The van der Waals surface area contributed by atoms with E-state index >= 15 is 0 Å². The first-order chi connectivity index (χ1) is 23.5. The van der Waals surface area contributed by atoms with Crippen LogP contribution in [0.2, 0.25) is 0 Å². The van der Waals surface area contributed by atoms with Crippen LogP contribution in [0.25, 0.3) is 0 Å². The molecule has 10 atom stereocenters. The molecule has 4 saturated carbocycles. The van der Waals surface area contributed by atoms with E-state index < -0.39 is 36.4 Å². The minimum Gasteiger partial charge on any atom is -0.481 e. The molecule has 0 amide bonds. The smallest absolute Gasteiger partial charge is 0.336 e. The number of ketones is 2. The van der Waals surface area contributed by atoms with E-state index in [-0.39, 0.29) is 46.7 Å². The van der Waals surface area contributed by atoms with Crippen molar-refractivity contribution in [2.75, 3.05) is 19.7 Å². The summed E-state index contributed by atoms with van der Waals surface area (Å²) in [5, 5.41) is 45.2. The number of carbonyl (C=O) groups excluding carboxylic acids is 2. The Kier molecular flexibility index (Phi) is 11.3. The van der Waals surface area contributed by atoms with Crippen LogP contribution in [0.1, 0.15) is 84.1 Å². The average molecular weight is 700 g/mol. The zero-order valence-electron chi connectivity index (χ0n) is 29.3. The lowest BCUT2D eigenvalue weighted by Gasteiger charge is -2.61. The van der Waals surface area contributed by atoms with Gasteiger partial charge in [0, 0.05) is 37.4 Å². The highest BCUT2D eigenvalue weighted by Gasteiger charge is 2.64. The third-order valence-corrected chi connectivity index (χ3v) is 13.1. The Hall–Kier alpha value is -3.19. The van der Waals surface area contributed by atoms with Gasteiger partial charge in [0.05, 0.1) is 31.7 Å². The Labute approximate surface area is 293 Å². The Morgan fingerprint density at radius 1 is 0.960 bits per heavy atom.